The van der Waals surface area contributed by atoms with E-state index in [1.165, 1.54) is 0 Å². The summed E-state index contributed by atoms with van der Waals surface area (Å²) >= 11 is 0. The first kappa shape index (κ1) is 9.92. The van der Waals surface area contributed by atoms with Crippen LogP contribution in [0.1, 0.15) is 11.6 Å². The van der Waals surface area contributed by atoms with Gasteiger partial charge in [-0.2, -0.15) is 0 Å². The van der Waals surface area contributed by atoms with Gasteiger partial charge in [0.1, 0.15) is 11.6 Å². The van der Waals surface area contributed by atoms with Gasteiger partial charge in [0.2, 0.25) is 0 Å². The molecule has 1 N–H and O–H groups in total. The molecule has 80 valence electrons. The Bertz CT molecular complexity index is 388. The second-order valence-corrected chi connectivity index (χ2v) is 3.51. The van der Waals surface area contributed by atoms with Crippen molar-refractivity contribution in [2.24, 2.45) is 14.1 Å². The van der Waals surface area contributed by atoms with Crippen molar-refractivity contribution < 1.29 is 0 Å². The second kappa shape index (κ2) is 4.27. The lowest BCUT2D eigenvalue weighted by Gasteiger charge is -2.04. The largest absolute Gasteiger partial charge is 0.337 e. The van der Waals surface area contributed by atoms with Crippen molar-refractivity contribution in [2.45, 2.75) is 13.1 Å². The van der Waals surface area contributed by atoms with E-state index in [-0.39, 0.29) is 0 Å². The molecule has 0 unspecified atom stereocenters. The molecule has 0 aromatic carbocycles. The summed E-state index contributed by atoms with van der Waals surface area (Å²) in [5.74, 6) is 2.06. The molecule has 0 radical (unpaired) electrons. The van der Waals surface area contributed by atoms with Gasteiger partial charge >= 0.3 is 0 Å². The molecule has 0 aliphatic carbocycles. The Morgan fingerprint density at radius 3 is 1.80 bits per heavy atom. The summed E-state index contributed by atoms with van der Waals surface area (Å²) < 4.78 is 4.01. The Kier molecular flexibility index (Phi) is 2.82. The van der Waals surface area contributed by atoms with Gasteiger partial charge in [0.05, 0.1) is 13.1 Å². The maximum atomic E-state index is 4.23. The normalized spacial score (nSPS) is 10.8. The van der Waals surface area contributed by atoms with Crippen molar-refractivity contribution in [3.63, 3.8) is 0 Å². The van der Waals surface area contributed by atoms with E-state index in [9.17, 15) is 0 Å². The average molecular weight is 205 g/mol. The zero-order valence-corrected chi connectivity index (χ0v) is 9.01. The number of hydrogen-bond donors (Lipinski definition) is 1. The summed E-state index contributed by atoms with van der Waals surface area (Å²) in [6, 6.07) is 0. The minimum absolute atomic E-state index is 0.760. The first-order chi connectivity index (χ1) is 7.27. The molecule has 2 heterocycles. The number of imidazole rings is 2. The molecule has 0 fully saturated rings. The monoisotopic (exact) mass is 205 g/mol. The van der Waals surface area contributed by atoms with Crippen LogP contribution in [0, 0.1) is 0 Å². The highest BCUT2D eigenvalue weighted by atomic mass is 15.1. The molecule has 0 saturated carbocycles. The maximum Gasteiger partial charge on any atom is 0.122 e. The van der Waals surface area contributed by atoms with Crippen molar-refractivity contribution >= 4 is 0 Å². The Labute approximate surface area is 88.8 Å². The standard InChI is InChI=1S/C10H15N5/c1-14-5-3-12-9(14)7-11-8-10-13-4-6-15(10)2/h3-6,11H,7-8H2,1-2H3. The van der Waals surface area contributed by atoms with Gasteiger partial charge in [-0.25, -0.2) is 9.97 Å². The summed E-state index contributed by atoms with van der Waals surface area (Å²) in [4.78, 5) is 8.46. The third-order valence-electron chi connectivity index (χ3n) is 2.41. The van der Waals surface area contributed by atoms with Crippen LogP contribution >= 0.6 is 0 Å². The highest BCUT2D eigenvalue weighted by Crippen LogP contribution is 1.96. The molecule has 0 spiro atoms. The van der Waals surface area contributed by atoms with Crippen molar-refractivity contribution in [1.82, 2.24) is 24.4 Å². The fourth-order valence-corrected chi connectivity index (χ4v) is 1.42. The van der Waals surface area contributed by atoms with Crippen LogP contribution in [0.5, 0.6) is 0 Å². The molecule has 15 heavy (non-hydrogen) atoms. The van der Waals surface area contributed by atoms with Crippen LogP contribution < -0.4 is 5.32 Å². The van der Waals surface area contributed by atoms with E-state index in [0.717, 1.165) is 24.7 Å². The van der Waals surface area contributed by atoms with Crippen LogP contribution in [-0.2, 0) is 27.2 Å². The molecule has 2 aromatic rings. The first-order valence-corrected chi connectivity index (χ1v) is 4.90. The highest BCUT2D eigenvalue weighted by molar-refractivity contribution is 4.93. The quantitative estimate of drug-likeness (QED) is 0.788. The minimum Gasteiger partial charge on any atom is -0.337 e. The smallest absolute Gasteiger partial charge is 0.122 e. The Morgan fingerprint density at radius 2 is 1.47 bits per heavy atom. The highest BCUT2D eigenvalue weighted by Gasteiger charge is 2.00. The first-order valence-electron chi connectivity index (χ1n) is 4.90. The van der Waals surface area contributed by atoms with Gasteiger partial charge in [0.25, 0.3) is 0 Å². The molecule has 0 saturated heterocycles. The van der Waals surface area contributed by atoms with Crippen molar-refractivity contribution in [2.75, 3.05) is 0 Å². The molecule has 5 heteroatoms. The van der Waals surface area contributed by atoms with Gasteiger partial charge in [-0.3, -0.25) is 0 Å². The van der Waals surface area contributed by atoms with Crippen LogP contribution in [0.25, 0.3) is 0 Å². The summed E-state index contributed by atoms with van der Waals surface area (Å²) in [6.07, 6.45) is 7.49. The summed E-state index contributed by atoms with van der Waals surface area (Å²) in [5, 5.41) is 3.31. The number of nitrogens with one attached hydrogen (secondary N) is 1. The Balaban J connectivity index is 1.86. The molecule has 0 aliphatic rings. The van der Waals surface area contributed by atoms with Crippen LogP contribution in [-0.4, -0.2) is 19.1 Å². The predicted octanol–water partition coefficient (Wildman–Crippen LogP) is 0.443. The van der Waals surface area contributed by atoms with Crippen molar-refractivity contribution in [3.8, 4) is 0 Å². The number of aryl methyl sites for hydroxylation is 2. The van der Waals surface area contributed by atoms with E-state index < -0.39 is 0 Å². The molecule has 2 aromatic heterocycles. The van der Waals surface area contributed by atoms with Gasteiger partial charge in [-0.05, 0) is 0 Å². The van der Waals surface area contributed by atoms with Gasteiger partial charge in [-0.15, -0.1) is 0 Å². The van der Waals surface area contributed by atoms with Crippen molar-refractivity contribution in [1.29, 1.82) is 0 Å². The van der Waals surface area contributed by atoms with Crippen molar-refractivity contribution in [3.05, 3.63) is 36.4 Å². The summed E-state index contributed by atoms with van der Waals surface area (Å²) in [5.41, 5.74) is 0. The van der Waals surface area contributed by atoms with Gasteiger partial charge < -0.3 is 14.5 Å². The third kappa shape index (κ3) is 2.24. The average Bonchev–Trinajstić information content (AvgIpc) is 2.78. The molecule has 0 atom stereocenters. The second-order valence-electron chi connectivity index (χ2n) is 3.51. The molecule has 0 amide bonds. The predicted molar refractivity (Wildman–Crippen MR) is 57.0 cm³/mol. The molecule has 5 nitrogen and oxygen atoms in total. The summed E-state index contributed by atoms with van der Waals surface area (Å²) in [6.45, 7) is 1.52. The van der Waals surface area contributed by atoms with E-state index in [1.54, 1.807) is 12.4 Å². The molecular weight excluding hydrogens is 190 g/mol. The number of hydrogen-bond acceptors (Lipinski definition) is 3. The fraction of sp³-hybridized carbons (Fsp3) is 0.400. The van der Waals surface area contributed by atoms with Gasteiger partial charge in [-0.1, -0.05) is 0 Å². The Morgan fingerprint density at radius 1 is 1.00 bits per heavy atom. The number of rotatable bonds is 4. The van der Waals surface area contributed by atoms with E-state index in [2.05, 4.69) is 15.3 Å². The van der Waals surface area contributed by atoms with Crippen LogP contribution in [0.4, 0.5) is 0 Å². The topological polar surface area (TPSA) is 47.7 Å². The lowest BCUT2D eigenvalue weighted by Crippen LogP contribution is -2.17. The molecular formula is C10H15N5. The Hall–Kier alpha value is -1.62. The van der Waals surface area contributed by atoms with Crippen LogP contribution in [0.3, 0.4) is 0 Å². The zero-order chi connectivity index (χ0) is 10.7. The molecule has 0 bridgehead atoms. The SMILES string of the molecule is Cn1ccnc1CNCc1nccn1C. The molecule has 0 aliphatic heterocycles. The third-order valence-corrected chi connectivity index (χ3v) is 2.41. The number of aromatic nitrogens is 4. The zero-order valence-electron chi connectivity index (χ0n) is 9.01. The minimum atomic E-state index is 0.760. The van der Waals surface area contributed by atoms with E-state index in [4.69, 9.17) is 0 Å². The van der Waals surface area contributed by atoms with Gasteiger partial charge in [0, 0.05) is 38.9 Å². The summed E-state index contributed by atoms with van der Waals surface area (Å²) in [7, 11) is 3.98. The van der Waals surface area contributed by atoms with Crippen LogP contribution in [0.2, 0.25) is 0 Å². The number of nitrogens with zero attached hydrogens (tertiary/aromatic N) is 4. The molecule has 2 rings (SSSR count). The lowest BCUT2D eigenvalue weighted by molar-refractivity contribution is 0.605. The lowest BCUT2D eigenvalue weighted by atomic mass is 10.5. The maximum absolute atomic E-state index is 4.23. The van der Waals surface area contributed by atoms with Crippen LogP contribution in [0.15, 0.2) is 24.8 Å². The fourth-order valence-electron chi connectivity index (χ4n) is 1.42. The van der Waals surface area contributed by atoms with E-state index in [0.29, 0.717) is 0 Å². The van der Waals surface area contributed by atoms with E-state index in [1.807, 2.05) is 35.6 Å². The van der Waals surface area contributed by atoms with Gasteiger partial charge in [0.15, 0.2) is 0 Å². The van der Waals surface area contributed by atoms with E-state index >= 15 is 0 Å².